The van der Waals surface area contributed by atoms with Gasteiger partial charge >= 0.3 is 6.03 Å². The number of hydrogen-bond donors (Lipinski definition) is 1. The molecule has 1 aliphatic carbocycles. The molecule has 2 aromatic carbocycles. The number of nitrogens with one attached hydrogen (secondary N) is 1. The zero-order valence-electron chi connectivity index (χ0n) is 18.7. The molecular weight excluding hydrogens is 428 g/mol. The lowest BCUT2D eigenvalue weighted by Crippen LogP contribution is -2.47. The molecule has 2 aliphatic rings. The second-order valence-corrected chi connectivity index (χ2v) is 8.93. The van der Waals surface area contributed by atoms with Gasteiger partial charge < -0.3 is 10.2 Å². The molecule has 0 aromatic heterocycles. The molecule has 0 spiro atoms. The van der Waals surface area contributed by atoms with Crippen molar-refractivity contribution in [2.45, 2.75) is 51.2 Å². The Hall–Kier alpha value is -3.29. The first-order valence-corrected chi connectivity index (χ1v) is 11.2. The predicted molar refractivity (Wildman–Crippen MR) is 118 cm³/mol. The Labute approximate surface area is 191 Å². The van der Waals surface area contributed by atoms with E-state index in [4.69, 9.17) is 0 Å². The van der Waals surface area contributed by atoms with E-state index >= 15 is 0 Å². The summed E-state index contributed by atoms with van der Waals surface area (Å²) in [5, 5.41) is 2.75. The summed E-state index contributed by atoms with van der Waals surface area (Å²) in [5.74, 6) is -1.58. The molecule has 2 unspecified atom stereocenters. The number of nitrogens with zero attached hydrogens (tertiary/aromatic N) is 2. The fourth-order valence-corrected chi connectivity index (χ4v) is 4.55. The van der Waals surface area contributed by atoms with Crippen molar-refractivity contribution in [3.8, 4) is 0 Å². The van der Waals surface area contributed by atoms with Gasteiger partial charge in [-0.15, -0.1) is 0 Å². The van der Waals surface area contributed by atoms with E-state index in [1.54, 1.807) is 31.2 Å². The van der Waals surface area contributed by atoms with Gasteiger partial charge in [0.05, 0.1) is 6.04 Å². The average molecular weight is 456 g/mol. The van der Waals surface area contributed by atoms with E-state index in [-0.39, 0.29) is 12.5 Å². The van der Waals surface area contributed by atoms with E-state index in [2.05, 4.69) is 5.32 Å². The lowest BCUT2D eigenvalue weighted by Gasteiger charge is -2.33. The topological polar surface area (TPSA) is 69.7 Å². The Morgan fingerprint density at radius 2 is 1.85 bits per heavy atom. The van der Waals surface area contributed by atoms with E-state index < -0.39 is 47.6 Å². The molecule has 1 aliphatic heterocycles. The molecule has 4 rings (SSSR count). The first-order chi connectivity index (χ1) is 15.7. The van der Waals surface area contributed by atoms with Crippen LogP contribution in [-0.4, -0.2) is 39.7 Å². The van der Waals surface area contributed by atoms with Gasteiger partial charge in [0.1, 0.15) is 23.7 Å². The maximum Gasteiger partial charge on any atom is 0.325 e. The molecular formula is C25H27F2N3O3. The van der Waals surface area contributed by atoms with Gasteiger partial charge in [-0.25, -0.2) is 13.6 Å². The first kappa shape index (κ1) is 22.9. The van der Waals surface area contributed by atoms with E-state index in [1.165, 1.54) is 29.2 Å². The molecule has 4 amide bonds. The number of amides is 4. The molecule has 2 aromatic rings. The van der Waals surface area contributed by atoms with Crippen molar-refractivity contribution in [2.75, 3.05) is 6.54 Å². The van der Waals surface area contributed by atoms with Crippen LogP contribution in [0.5, 0.6) is 0 Å². The number of halogens is 2. The summed E-state index contributed by atoms with van der Waals surface area (Å²) in [4.78, 5) is 41.6. The van der Waals surface area contributed by atoms with Crippen LogP contribution >= 0.6 is 0 Å². The molecule has 174 valence electrons. The molecule has 1 saturated carbocycles. The van der Waals surface area contributed by atoms with Crippen molar-refractivity contribution in [1.82, 2.24) is 15.1 Å². The highest BCUT2D eigenvalue weighted by Gasteiger charge is 2.56. The van der Waals surface area contributed by atoms with Gasteiger partial charge in [0, 0.05) is 6.54 Å². The van der Waals surface area contributed by atoms with Gasteiger partial charge in [-0.05, 0) is 67.5 Å². The van der Waals surface area contributed by atoms with E-state index in [0.717, 1.165) is 17.7 Å². The quantitative estimate of drug-likeness (QED) is 0.608. The molecule has 1 saturated heterocycles. The highest BCUT2D eigenvalue weighted by Crippen LogP contribution is 2.42. The Bertz CT molecular complexity index is 1070. The largest absolute Gasteiger partial charge is 0.330 e. The molecule has 0 bridgehead atoms. The fraction of sp³-hybridized carbons (Fsp3) is 0.400. The summed E-state index contributed by atoms with van der Waals surface area (Å²) >= 11 is 0. The third-order valence-corrected chi connectivity index (χ3v) is 6.57. The summed E-state index contributed by atoms with van der Waals surface area (Å²) in [6.45, 7) is 3.25. The summed E-state index contributed by atoms with van der Waals surface area (Å²) < 4.78 is 27.3. The van der Waals surface area contributed by atoms with Crippen LogP contribution in [0, 0.1) is 17.6 Å². The summed E-state index contributed by atoms with van der Waals surface area (Å²) in [7, 11) is 0. The maximum atomic E-state index is 13.8. The van der Waals surface area contributed by atoms with E-state index in [1.807, 2.05) is 6.92 Å². The van der Waals surface area contributed by atoms with Gasteiger partial charge in [0.2, 0.25) is 5.91 Å². The minimum Gasteiger partial charge on any atom is -0.330 e. The normalized spacial score (nSPS) is 21.2. The zero-order chi connectivity index (χ0) is 23.8. The Balaban J connectivity index is 1.61. The van der Waals surface area contributed by atoms with E-state index in [9.17, 15) is 23.2 Å². The minimum atomic E-state index is -0.980. The van der Waals surface area contributed by atoms with Crippen LogP contribution in [0.2, 0.25) is 0 Å². The molecule has 1 N–H and O–H groups in total. The SMILES string of the molecule is CCC(c1ccc(F)cc1)N(Cc1cccc(F)c1)C(=O)CN1C(=O)NC(C)(C2CC2)C1=O. The highest BCUT2D eigenvalue weighted by molar-refractivity contribution is 6.09. The number of carbonyl (C=O) groups excluding carboxylic acids is 3. The number of imide groups is 1. The van der Waals surface area contributed by atoms with Crippen LogP contribution in [0.25, 0.3) is 0 Å². The molecule has 33 heavy (non-hydrogen) atoms. The zero-order valence-corrected chi connectivity index (χ0v) is 18.7. The molecule has 1 heterocycles. The Kier molecular flexibility index (Phi) is 6.19. The number of urea groups is 1. The standard InChI is InChI=1S/C25H27F2N3O3/c1-3-21(17-7-11-19(26)12-8-17)29(14-16-5-4-6-20(27)13-16)22(31)15-30-23(32)25(2,18-9-10-18)28-24(30)33/h4-8,11-13,18,21H,3,9-10,14-15H2,1-2H3,(H,28,33). The summed E-state index contributed by atoms with van der Waals surface area (Å²) in [5.41, 5.74) is 0.305. The first-order valence-electron chi connectivity index (χ1n) is 11.2. The van der Waals surface area contributed by atoms with Crippen LogP contribution in [0.4, 0.5) is 13.6 Å². The third kappa shape index (κ3) is 4.60. The summed E-state index contributed by atoms with van der Waals surface area (Å²) in [6.07, 6.45) is 2.23. The van der Waals surface area contributed by atoms with Crippen molar-refractivity contribution < 1.29 is 23.2 Å². The van der Waals surface area contributed by atoms with E-state index in [0.29, 0.717) is 17.5 Å². The van der Waals surface area contributed by atoms with Crippen LogP contribution in [0.1, 0.15) is 50.3 Å². The fourth-order valence-electron chi connectivity index (χ4n) is 4.55. The molecule has 6 nitrogen and oxygen atoms in total. The van der Waals surface area contributed by atoms with Gasteiger partial charge in [-0.1, -0.05) is 31.2 Å². The van der Waals surface area contributed by atoms with Gasteiger partial charge in [0.25, 0.3) is 5.91 Å². The van der Waals surface area contributed by atoms with Crippen molar-refractivity contribution in [2.24, 2.45) is 5.92 Å². The summed E-state index contributed by atoms with van der Waals surface area (Å²) in [6, 6.07) is 10.8. The van der Waals surface area contributed by atoms with Gasteiger partial charge in [-0.3, -0.25) is 14.5 Å². The average Bonchev–Trinajstić information content (AvgIpc) is 3.61. The van der Waals surface area contributed by atoms with Crippen molar-refractivity contribution in [3.63, 3.8) is 0 Å². The number of hydrogen-bond acceptors (Lipinski definition) is 3. The number of rotatable bonds is 8. The predicted octanol–water partition coefficient (Wildman–Crippen LogP) is 4.17. The number of benzene rings is 2. The molecule has 2 atom stereocenters. The van der Waals surface area contributed by atoms with Crippen LogP contribution in [-0.2, 0) is 16.1 Å². The Morgan fingerprint density at radius 3 is 2.45 bits per heavy atom. The molecule has 0 radical (unpaired) electrons. The third-order valence-electron chi connectivity index (χ3n) is 6.57. The van der Waals surface area contributed by atoms with Gasteiger partial charge in [0.15, 0.2) is 0 Å². The second kappa shape index (κ2) is 8.92. The van der Waals surface area contributed by atoms with Crippen molar-refractivity contribution >= 4 is 17.8 Å². The van der Waals surface area contributed by atoms with Crippen LogP contribution in [0.15, 0.2) is 48.5 Å². The monoisotopic (exact) mass is 455 g/mol. The number of carbonyl (C=O) groups is 3. The lowest BCUT2D eigenvalue weighted by molar-refractivity contribution is -0.141. The maximum absolute atomic E-state index is 13.8. The van der Waals surface area contributed by atoms with Crippen molar-refractivity contribution in [1.29, 1.82) is 0 Å². The smallest absolute Gasteiger partial charge is 0.325 e. The minimum absolute atomic E-state index is 0.0794. The lowest BCUT2D eigenvalue weighted by atomic mass is 9.96. The Morgan fingerprint density at radius 1 is 1.15 bits per heavy atom. The van der Waals surface area contributed by atoms with Crippen LogP contribution in [0.3, 0.4) is 0 Å². The molecule has 2 fully saturated rings. The second-order valence-electron chi connectivity index (χ2n) is 8.93. The highest BCUT2D eigenvalue weighted by atomic mass is 19.1. The molecule has 8 heteroatoms. The van der Waals surface area contributed by atoms with Crippen molar-refractivity contribution in [3.05, 3.63) is 71.3 Å². The van der Waals surface area contributed by atoms with Gasteiger partial charge in [-0.2, -0.15) is 0 Å². The van der Waals surface area contributed by atoms with Crippen LogP contribution < -0.4 is 5.32 Å².